The first kappa shape index (κ1) is 12.2. The molecule has 94 valence electrons. The van der Waals surface area contributed by atoms with E-state index in [2.05, 4.69) is 10.3 Å². The Morgan fingerprint density at radius 2 is 2.24 bits per heavy atom. The van der Waals surface area contributed by atoms with Crippen molar-refractivity contribution in [2.75, 3.05) is 22.6 Å². The molecule has 1 aliphatic heterocycles. The minimum Gasteiger partial charge on any atom is -0.396 e. The monoisotopic (exact) mass is 255 g/mol. The molecule has 1 fully saturated rings. The second kappa shape index (κ2) is 3.87. The van der Waals surface area contributed by atoms with Gasteiger partial charge in [-0.1, -0.05) is 0 Å². The SMILES string of the molecule is Cc1ccnc(NC2(C)CCS(=O)(=O)C2)c1N. The molecule has 0 aromatic carbocycles. The van der Waals surface area contributed by atoms with Crippen molar-refractivity contribution in [3.8, 4) is 0 Å². The average Bonchev–Trinajstić information content (AvgIpc) is 2.49. The zero-order valence-electron chi connectivity index (χ0n) is 10.0. The number of hydrogen-bond donors (Lipinski definition) is 2. The highest BCUT2D eigenvalue weighted by Crippen LogP contribution is 2.29. The lowest BCUT2D eigenvalue weighted by atomic mass is 10.0. The Kier molecular flexibility index (Phi) is 2.77. The second-order valence-electron chi connectivity index (χ2n) is 4.92. The van der Waals surface area contributed by atoms with E-state index in [4.69, 9.17) is 5.73 Å². The first-order valence-corrected chi connectivity index (χ1v) is 7.33. The molecule has 1 aromatic rings. The van der Waals surface area contributed by atoms with Gasteiger partial charge in [0.05, 0.1) is 22.7 Å². The summed E-state index contributed by atoms with van der Waals surface area (Å²) in [4.78, 5) is 4.16. The predicted octanol–water partition coefficient (Wildman–Crippen LogP) is 0.961. The molecule has 1 atom stereocenters. The van der Waals surface area contributed by atoms with Gasteiger partial charge in [-0.15, -0.1) is 0 Å². The minimum atomic E-state index is -2.93. The average molecular weight is 255 g/mol. The van der Waals surface area contributed by atoms with Crippen LogP contribution in [0.25, 0.3) is 0 Å². The number of nitrogens with two attached hydrogens (primary N) is 1. The Balaban J connectivity index is 2.25. The van der Waals surface area contributed by atoms with Gasteiger partial charge in [-0.05, 0) is 31.9 Å². The molecule has 1 saturated heterocycles. The number of hydrogen-bond acceptors (Lipinski definition) is 5. The Morgan fingerprint density at radius 1 is 1.53 bits per heavy atom. The molecular weight excluding hydrogens is 238 g/mol. The standard InChI is InChI=1S/C11H17N3O2S/c1-8-3-5-13-10(9(8)12)14-11(2)4-6-17(15,16)7-11/h3,5H,4,6-7,12H2,1-2H3,(H,13,14). The highest BCUT2D eigenvalue weighted by Gasteiger charge is 2.38. The maximum atomic E-state index is 11.5. The van der Waals surface area contributed by atoms with Crippen LogP contribution in [0.3, 0.4) is 0 Å². The van der Waals surface area contributed by atoms with E-state index >= 15 is 0 Å². The van der Waals surface area contributed by atoms with Crippen LogP contribution in [0.4, 0.5) is 11.5 Å². The van der Waals surface area contributed by atoms with E-state index in [9.17, 15) is 8.42 Å². The van der Waals surface area contributed by atoms with Crippen molar-refractivity contribution in [1.82, 2.24) is 4.98 Å². The third-order valence-corrected chi connectivity index (χ3v) is 5.03. The number of aryl methyl sites for hydroxylation is 1. The largest absolute Gasteiger partial charge is 0.396 e. The number of nitrogens with one attached hydrogen (secondary N) is 1. The number of nitrogens with zero attached hydrogens (tertiary/aromatic N) is 1. The fraction of sp³-hybridized carbons (Fsp3) is 0.545. The van der Waals surface area contributed by atoms with E-state index in [0.717, 1.165) is 5.56 Å². The lowest BCUT2D eigenvalue weighted by Crippen LogP contribution is -2.36. The van der Waals surface area contributed by atoms with Crippen LogP contribution in [0, 0.1) is 6.92 Å². The molecule has 5 nitrogen and oxygen atoms in total. The van der Waals surface area contributed by atoms with E-state index in [1.165, 1.54) is 0 Å². The van der Waals surface area contributed by atoms with Crippen LogP contribution in [-0.4, -0.2) is 30.4 Å². The quantitative estimate of drug-likeness (QED) is 0.822. The maximum absolute atomic E-state index is 11.5. The fourth-order valence-corrected chi connectivity index (χ4v) is 4.16. The van der Waals surface area contributed by atoms with Crippen LogP contribution in [0.2, 0.25) is 0 Å². The van der Waals surface area contributed by atoms with E-state index in [-0.39, 0.29) is 11.5 Å². The van der Waals surface area contributed by atoms with E-state index in [0.29, 0.717) is 17.9 Å². The number of nitrogen functional groups attached to an aromatic ring is 1. The van der Waals surface area contributed by atoms with E-state index in [1.54, 1.807) is 6.20 Å². The Labute approximate surface area is 101 Å². The summed E-state index contributed by atoms with van der Waals surface area (Å²) in [6.45, 7) is 3.79. The topological polar surface area (TPSA) is 85.1 Å². The maximum Gasteiger partial charge on any atom is 0.152 e. The molecule has 0 amide bonds. The van der Waals surface area contributed by atoms with Crippen LogP contribution in [0.1, 0.15) is 18.9 Å². The zero-order valence-corrected chi connectivity index (χ0v) is 10.8. The lowest BCUT2D eigenvalue weighted by molar-refractivity contribution is 0.572. The fourth-order valence-electron chi connectivity index (χ4n) is 2.06. The summed E-state index contributed by atoms with van der Waals surface area (Å²) < 4.78 is 23.0. The third kappa shape index (κ3) is 2.52. The number of anilines is 2. The van der Waals surface area contributed by atoms with Crippen LogP contribution in [0.5, 0.6) is 0 Å². The molecule has 1 aliphatic rings. The molecule has 0 spiro atoms. The molecule has 2 heterocycles. The molecule has 1 aromatic heterocycles. The molecular formula is C11H17N3O2S. The molecule has 6 heteroatoms. The highest BCUT2D eigenvalue weighted by molar-refractivity contribution is 7.91. The van der Waals surface area contributed by atoms with Crippen molar-refractivity contribution < 1.29 is 8.42 Å². The van der Waals surface area contributed by atoms with Crippen molar-refractivity contribution in [3.05, 3.63) is 17.8 Å². The summed E-state index contributed by atoms with van der Waals surface area (Å²) in [7, 11) is -2.93. The lowest BCUT2D eigenvalue weighted by Gasteiger charge is -2.25. The Bertz CT molecular complexity index is 542. The van der Waals surface area contributed by atoms with Gasteiger partial charge in [0.1, 0.15) is 5.82 Å². The Morgan fingerprint density at radius 3 is 2.82 bits per heavy atom. The van der Waals surface area contributed by atoms with Gasteiger partial charge in [0, 0.05) is 6.20 Å². The number of pyridine rings is 1. The molecule has 0 saturated carbocycles. The summed E-state index contributed by atoms with van der Waals surface area (Å²) in [5.74, 6) is 0.932. The van der Waals surface area contributed by atoms with Crippen molar-refractivity contribution in [2.45, 2.75) is 25.8 Å². The van der Waals surface area contributed by atoms with Gasteiger partial charge in [-0.2, -0.15) is 0 Å². The molecule has 0 aliphatic carbocycles. The first-order valence-electron chi connectivity index (χ1n) is 5.51. The number of aromatic nitrogens is 1. The van der Waals surface area contributed by atoms with Crippen molar-refractivity contribution >= 4 is 21.3 Å². The van der Waals surface area contributed by atoms with Crippen LogP contribution in [0.15, 0.2) is 12.3 Å². The number of rotatable bonds is 2. The molecule has 2 rings (SSSR count). The van der Waals surface area contributed by atoms with Gasteiger partial charge in [0.15, 0.2) is 9.84 Å². The smallest absolute Gasteiger partial charge is 0.152 e. The van der Waals surface area contributed by atoms with Crippen LogP contribution >= 0.6 is 0 Å². The van der Waals surface area contributed by atoms with Gasteiger partial charge in [0.2, 0.25) is 0 Å². The van der Waals surface area contributed by atoms with Gasteiger partial charge in [0.25, 0.3) is 0 Å². The molecule has 0 radical (unpaired) electrons. The van der Waals surface area contributed by atoms with Crippen LogP contribution < -0.4 is 11.1 Å². The zero-order chi connectivity index (χ0) is 12.7. The van der Waals surface area contributed by atoms with Crippen molar-refractivity contribution in [3.63, 3.8) is 0 Å². The van der Waals surface area contributed by atoms with E-state index < -0.39 is 15.4 Å². The van der Waals surface area contributed by atoms with Gasteiger partial charge >= 0.3 is 0 Å². The Hall–Kier alpha value is -1.30. The van der Waals surface area contributed by atoms with Gasteiger partial charge in [-0.3, -0.25) is 0 Å². The molecule has 0 bridgehead atoms. The normalized spacial score (nSPS) is 26.9. The summed E-state index contributed by atoms with van der Waals surface area (Å²) in [5.41, 5.74) is 6.97. The van der Waals surface area contributed by atoms with Gasteiger partial charge in [-0.25, -0.2) is 13.4 Å². The first-order chi connectivity index (χ1) is 7.81. The van der Waals surface area contributed by atoms with E-state index in [1.807, 2.05) is 19.9 Å². The molecule has 3 N–H and O–H groups in total. The summed E-state index contributed by atoms with van der Waals surface area (Å²) in [5, 5.41) is 3.17. The summed E-state index contributed by atoms with van der Waals surface area (Å²) in [6.07, 6.45) is 2.26. The molecule has 17 heavy (non-hydrogen) atoms. The van der Waals surface area contributed by atoms with Crippen molar-refractivity contribution in [1.29, 1.82) is 0 Å². The second-order valence-corrected chi connectivity index (χ2v) is 7.10. The third-order valence-electron chi connectivity index (χ3n) is 3.13. The predicted molar refractivity (Wildman–Crippen MR) is 68.7 cm³/mol. The summed E-state index contributed by atoms with van der Waals surface area (Å²) in [6, 6.07) is 1.83. The van der Waals surface area contributed by atoms with Crippen molar-refractivity contribution in [2.24, 2.45) is 0 Å². The number of sulfone groups is 1. The highest BCUT2D eigenvalue weighted by atomic mass is 32.2. The van der Waals surface area contributed by atoms with Gasteiger partial charge < -0.3 is 11.1 Å². The van der Waals surface area contributed by atoms with Crippen LogP contribution in [-0.2, 0) is 9.84 Å². The summed E-state index contributed by atoms with van der Waals surface area (Å²) >= 11 is 0. The molecule has 1 unspecified atom stereocenters. The minimum absolute atomic E-state index is 0.134.